The van der Waals surface area contributed by atoms with Crippen LogP contribution >= 0.6 is 11.3 Å². The van der Waals surface area contributed by atoms with Crippen LogP contribution in [-0.4, -0.2) is 15.8 Å². The van der Waals surface area contributed by atoms with Crippen molar-refractivity contribution in [2.75, 3.05) is 0 Å². The summed E-state index contributed by atoms with van der Waals surface area (Å²) in [6.07, 6.45) is 4.68. The number of ketones is 1. The summed E-state index contributed by atoms with van der Waals surface area (Å²) in [5.74, 6) is -0.810. The number of furan rings is 1. The summed E-state index contributed by atoms with van der Waals surface area (Å²) in [4.78, 5) is 34.2. The number of nitriles is 1. The molecule has 0 aliphatic heterocycles. The molecule has 4 rings (SSSR count). The number of hydrogen-bond donors (Lipinski definition) is 1. The molecule has 0 spiro atoms. The average molecular weight is 367 g/mol. The number of nitrogens with one attached hydrogen (secondary N) is 1. The third-order valence-corrected chi connectivity index (χ3v) is 5.95. The topological polar surface area (TPSA) is 99.7 Å². The number of carbonyl (C=O) groups excluding carboxylic acids is 1. The smallest absolute Gasteiger partial charge is 0.259 e. The molecule has 3 aromatic rings. The summed E-state index contributed by atoms with van der Waals surface area (Å²) in [5, 5.41) is 10.1. The molecule has 0 saturated carbocycles. The van der Waals surface area contributed by atoms with Gasteiger partial charge in [-0.2, -0.15) is 5.26 Å². The van der Waals surface area contributed by atoms with Crippen LogP contribution in [0.25, 0.3) is 10.2 Å². The predicted molar refractivity (Wildman–Crippen MR) is 97.7 cm³/mol. The second kappa shape index (κ2) is 6.54. The van der Waals surface area contributed by atoms with Crippen LogP contribution in [0.3, 0.4) is 0 Å². The van der Waals surface area contributed by atoms with Crippen LogP contribution in [0.15, 0.2) is 21.3 Å². The van der Waals surface area contributed by atoms with E-state index in [1.807, 2.05) is 13.0 Å². The van der Waals surface area contributed by atoms with Crippen LogP contribution in [0, 0.1) is 11.3 Å². The van der Waals surface area contributed by atoms with Crippen molar-refractivity contribution in [2.45, 2.75) is 44.9 Å². The highest BCUT2D eigenvalue weighted by Crippen LogP contribution is 2.34. The van der Waals surface area contributed by atoms with E-state index in [2.05, 4.69) is 9.97 Å². The van der Waals surface area contributed by atoms with Crippen molar-refractivity contribution in [3.8, 4) is 6.07 Å². The standard InChI is InChI=1S/C19H17N3O3S/c1-2-10-7-8-13(25-10)16(23)12(9-20)17-21-18(24)15-11-5-3-4-6-14(11)26-19(15)22-17/h7-8,12H,2-6H2,1H3,(H,21,22,24). The fourth-order valence-electron chi connectivity index (χ4n) is 3.40. The van der Waals surface area contributed by atoms with E-state index < -0.39 is 11.7 Å². The number of thiophene rings is 1. The lowest BCUT2D eigenvalue weighted by Gasteiger charge is -2.09. The zero-order valence-electron chi connectivity index (χ0n) is 14.3. The first-order valence-electron chi connectivity index (χ1n) is 8.69. The second-order valence-corrected chi connectivity index (χ2v) is 7.47. The van der Waals surface area contributed by atoms with E-state index in [1.165, 1.54) is 16.2 Å². The molecule has 1 aliphatic carbocycles. The molecule has 0 radical (unpaired) electrons. The molecule has 1 aliphatic rings. The first-order chi connectivity index (χ1) is 12.6. The summed E-state index contributed by atoms with van der Waals surface area (Å²) in [6.45, 7) is 1.92. The van der Waals surface area contributed by atoms with Crippen LogP contribution in [0.5, 0.6) is 0 Å². The number of fused-ring (bicyclic) bond motifs is 3. The first kappa shape index (κ1) is 16.7. The maximum absolute atomic E-state index is 12.7. The van der Waals surface area contributed by atoms with Crippen LogP contribution < -0.4 is 5.56 Å². The van der Waals surface area contributed by atoms with Crippen molar-refractivity contribution in [3.05, 3.63) is 50.3 Å². The second-order valence-electron chi connectivity index (χ2n) is 6.39. The number of rotatable bonds is 4. The Balaban J connectivity index is 1.78. The molecule has 3 aromatic heterocycles. The summed E-state index contributed by atoms with van der Waals surface area (Å²) in [6, 6.07) is 5.24. The first-order valence-corrected chi connectivity index (χ1v) is 9.51. The monoisotopic (exact) mass is 367 g/mol. The third-order valence-electron chi connectivity index (χ3n) is 4.76. The van der Waals surface area contributed by atoms with Gasteiger partial charge in [-0.3, -0.25) is 9.59 Å². The molecular weight excluding hydrogens is 350 g/mol. The predicted octanol–water partition coefficient (Wildman–Crippen LogP) is 3.51. The van der Waals surface area contributed by atoms with Gasteiger partial charge in [-0.15, -0.1) is 11.3 Å². The quantitative estimate of drug-likeness (QED) is 0.711. The maximum Gasteiger partial charge on any atom is 0.259 e. The minimum atomic E-state index is -1.19. The Labute approximate surface area is 153 Å². The molecule has 0 saturated heterocycles. The molecule has 1 atom stereocenters. The Bertz CT molecular complexity index is 1100. The number of aromatic nitrogens is 2. The molecule has 6 nitrogen and oxygen atoms in total. The van der Waals surface area contributed by atoms with Crippen LogP contribution in [-0.2, 0) is 19.3 Å². The van der Waals surface area contributed by atoms with Crippen molar-refractivity contribution in [1.82, 2.24) is 9.97 Å². The van der Waals surface area contributed by atoms with Gasteiger partial charge in [0.05, 0.1) is 11.5 Å². The van der Waals surface area contributed by atoms with Crippen LogP contribution in [0.4, 0.5) is 0 Å². The summed E-state index contributed by atoms with van der Waals surface area (Å²) >= 11 is 1.50. The fraction of sp³-hybridized carbons (Fsp3) is 0.368. The Morgan fingerprint density at radius 3 is 2.96 bits per heavy atom. The van der Waals surface area contributed by atoms with Crippen molar-refractivity contribution in [3.63, 3.8) is 0 Å². The molecule has 1 N–H and O–H groups in total. The van der Waals surface area contributed by atoms with Gasteiger partial charge in [0.1, 0.15) is 16.4 Å². The van der Waals surface area contributed by atoms with Gasteiger partial charge in [0, 0.05) is 11.3 Å². The van der Waals surface area contributed by atoms with Crippen molar-refractivity contribution >= 4 is 27.3 Å². The maximum atomic E-state index is 12.7. The minimum Gasteiger partial charge on any atom is -0.458 e. The summed E-state index contributed by atoms with van der Waals surface area (Å²) in [7, 11) is 0. The van der Waals surface area contributed by atoms with E-state index in [4.69, 9.17) is 4.42 Å². The molecule has 0 aromatic carbocycles. The zero-order valence-corrected chi connectivity index (χ0v) is 15.1. The van der Waals surface area contributed by atoms with Crippen LogP contribution in [0.1, 0.15) is 58.3 Å². The minimum absolute atomic E-state index is 0.0862. The lowest BCUT2D eigenvalue weighted by atomic mass is 9.97. The third kappa shape index (κ3) is 2.67. The highest BCUT2D eigenvalue weighted by atomic mass is 32.1. The Morgan fingerprint density at radius 2 is 2.23 bits per heavy atom. The van der Waals surface area contributed by atoms with E-state index in [0.29, 0.717) is 22.4 Å². The number of nitrogens with zero attached hydrogens (tertiary/aromatic N) is 2. The highest BCUT2D eigenvalue weighted by Gasteiger charge is 2.28. The summed E-state index contributed by atoms with van der Waals surface area (Å²) < 4.78 is 5.47. The number of aryl methyl sites for hydroxylation is 3. The van der Waals surface area contributed by atoms with Gasteiger partial charge in [-0.1, -0.05) is 6.92 Å². The number of carbonyl (C=O) groups is 1. The van der Waals surface area contributed by atoms with Gasteiger partial charge in [0.15, 0.2) is 11.7 Å². The molecular formula is C19H17N3O3S. The largest absolute Gasteiger partial charge is 0.458 e. The normalized spacial score (nSPS) is 14.8. The molecule has 3 heterocycles. The number of Topliss-reactive ketones (excluding diaryl/α,β-unsaturated/α-hetero) is 1. The van der Waals surface area contributed by atoms with Crippen molar-refractivity contribution in [2.24, 2.45) is 0 Å². The summed E-state index contributed by atoms with van der Waals surface area (Å²) in [5.41, 5.74) is 0.807. The van der Waals surface area contributed by atoms with E-state index >= 15 is 0 Å². The molecule has 132 valence electrons. The van der Waals surface area contributed by atoms with Gasteiger partial charge >= 0.3 is 0 Å². The highest BCUT2D eigenvalue weighted by molar-refractivity contribution is 7.18. The molecule has 0 fully saturated rings. The van der Waals surface area contributed by atoms with Gasteiger partial charge in [-0.05, 0) is 43.4 Å². The van der Waals surface area contributed by atoms with E-state index in [9.17, 15) is 14.9 Å². The number of aromatic amines is 1. The Kier molecular flexibility index (Phi) is 4.21. The molecule has 1 unspecified atom stereocenters. The van der Waals surface area contributed by atoms with Gasteiger partial charge < -0.3 is 9.40 Å². The number of hydrogen-bond acceptors (Lipinski definition) is 6. The zero-order chi connectivity index (χ0) is 18.3. The van der Waals surface area contributed by atoms with Gasteiger partial charge in [-0.25, -0.2) is 4.98 Å². The SMILES string of the molecule is CCc1ccc(C(=O)C(C#N)c2nc3sc4c(c3c(=O)[nH]2)CCCC4)o1. The fourth-order valence-corrected chi connectivity index (χ4v) is 4.67. The lowest BCUT2D eigenvalue weighted by molar-refractivity contribution is 0.0947. The lowest BCUT2D eigenvalue weighted by Crippen LogP contribution is -2.19. The molecule has 0 bridgehead atoms. The van der Waals surface area contributed by atoms with Crippen molar-refractivity contribution < 1.29 is 9.21 Å². The van der Waals surface area contributed by atoms with E-state index in [0.717, 1.165) is 31.2 Å². The Morgan fingerprint density at radius 1 is 1.42 bits per heavy atom. The average Bonchev–Trinajstić information content (AvgIpc) is 3.26. The van der Waals surface area contributed by atoms with E-state index in [1.54, 1.807) is 12.1 Å². The molecule has 26 heavy (non-hydrogen) atoms. The number of H-pyrrole nitrogens is 1. The molecule has 0 amide bonds. The van der Waals surface area contributed by atoms with E-state index in [-0.39, 0.29) is 17.1 Å². The van der Waals surface area contributed by atoms with Crippen molar-refractivity contribution in [1.29, 1.82) is 5.26 Å². The Hall–Kier alpha value is -2.72. The molecule has 7 heteroatoms. The van der Waals surface area contributed by atoms with Crippen LogP contribution in [0.2, 0.25) is 0 Å². The van der Waals surface area contributed by atoms with Gasteiger partial charge in [0.2, 0.25) is 5.78 Å². The van der Waals surface area contributed by atoms with Gasteiger partial charge in [0.25, 0.3) is 5.56 Å².